The van der Waals surface area contributed by atoms with Gasteiger partial charge in [0, 0.05) is 24.4 Å². The number of methoxy groups -OCH3 is 2. The predicted octanol–water partition coefficient (Wildman–Crippen LogP) is 0.306. The van der Waals surface area contributed by atoms with Crippen molar-refractivity contribution in [2.24, 2.45) is 0 Å². The first-order valence-corrected chi connectivity index (χ1v) is 5.94. The molecule has 7 nitrogen and oxygen atoms in total. The molecule has 7 heteroatoms. The van der Waals surface area contributed by atoms with E-state index in [0.717, 1.165) is 0 Å². The van der Waals surface area contributed by atoms with Gasteiger partial charge in [-0.3, -0.25) is 14.6 Å². The standard InChI is InChI=1S/C13H16N2O5/c1-19-11(16)4-3-10(13(18)20-2)15-12(17)9-5-7-14-8-6-9/h5-8,10H,3-4H2,1-2H3,(H,15,17)/t10-/m0/s1. The van der Waals surface area contributed by atoms with E-state index in [1.54, 1.807) is 0 Å². The van der Waals surface area contributed by atoms with Gasteiger partial charge in [-0.1, -0.05) is 0 Å². The lowest BCUT2D eigenvalue weighted by atomic mass is 10.1. The van der Waals surface area contributed by atoms with Crippen LogP contribution in [0.2, 0.25) is 0 Å². The van der Waals surface area contributed by atoms with E-state index in [1.807, 2.05) is 0 Å². The van der Waals surface area contributed by atoms with Crippen molar-refractivity contribution < 1.29 is 23.9 Å². The number of rotatable bonds is 6. The van der Waals surface area contributed by atoms with Gasteiger partial charge in [-0.05, 0) is 18.6 Å². The van der Waals surface area contributed by atoms with Crippen molar-refractivity contribution in [3.05, 3.63) is 30.1 Å². The summed E-state index contributed by atoms with van der Waals surface area (Å²) in [5, 5.41) is 2.51. The molecule has 108 valence electrons. The largest absolute Gasteiger partial charge is 0.469 e. The summed E-state index contributed by atoms with van der Waals surface area (Å²) in [6.45, 7) is 0. The minimum absolute atomic E-state index is 0.00684. The molecule has 1 aromatic heterocycles. The zero-order chi connectivity index (χ0) is 15.0. The highest BCUT2D eigenvalue weighted by atomic mass is 16.5. The van der Waals surface area contributed by atoms with E-state index in [1.165, 1.54) is 38.7 Å². The zero-order valence-corrected chi connectivity index (χ0v) is 11.3. The number of pyridine rings is 1. The minimum atomic E-state index is -0.903. The van der Waals surface area contributed by atoms with Crippen LogP contribution in [0.1, 0.15) is 23.2 Å². The number of carbonyl (C=O) groups is 3. The molecule has 1 atom stereocenters. The molecule has 1 rings (SSSR count). The van der Waals surface area contributed by atoms with Crippen LogP contribution < -0.4 is 5.32 Å². The van der Waals surface area contributed by atoms with Gasteiger partial charge in [0.25, 0.3) is 5.91 Å². The lowest BCUT2D eigenvalue weighted by Crippen LogP contribution is -2.41. The number of aromatic nitrogens is 1. The average Bonchev–Trinajstić information content (AvgIpc) is 2.50. The number of amides is 1. The highest BCUT2D eigenvalue weighted by Gasteiger charge is 2.23. The second-order valence-electron chi connectivity index (χ2n) is 3.90. The van der Waals surface area contributed by atoms with Crippen LogP contribution in [0, 0.1) is 0 Å². The van der Waals surface area contributed by atoms with Gasteiger partial charge in [-0.25, -0.2) is 4.79 Å². The molecule has 0 aliphatic carbocycles. The summed E-state index contributed by atoms with van der Waals surface area (Å²) in [7, 11) is 2.47. The fraction of sp³-hybridized carbons (Fsp3) is 0.385. The fourth-order valence-electron chi connectivity index (χ4n) is 1.50. The van der Waals surface area contributed by atoms with Gasteiger partial charge >= 0.3 is 11.9 Å². The monoisotopic (exact) mass is 280 g/mol. The van der Waals surface area contributed by atoms with Crippen LogP contribution in [0.15, 0.2) is 24.5 Å². The smallest absolute Gasteiger partial charge is 0.328 e. The lowest BCUT2D eigenvalue weighted by molar-refractivity contribution is -0.144. The predicted molar refractivity (Wildman–Crippen MR) is 68.8 cm³/mol. The number of nitrogens with one attached hydrogen (secondary N) is 1. The van der Waals surface area contributed by atoms with Crippen molar-refractivity contribution in [1.82, 2.24) is 10.3 Å². The normalized spacial score (nSPS) is 11.3. The summed E-state index contributed by atoms with van der Waals surface area (Å²) in [5.41, 5.74) is 0.368. The molecular weight excluding hydrogens is 264 g/mol. The van der Waals surface area contributed by atoms with Gasteiger partial charge in [-0.15, -0.1) is 0 Å². The molecule has 1 N–H and O–H groups in total. The molecule has 0 saturated carbocycles. The van der Waals surface area contributed by atoms with Crippen molar-refractivity contribution in [2.75, 3.05) is 14.2 Å². The summed E-state index contributed by atoms with van der Waals surface area (Å²) in [4.78, 5) is 38.4. The minimum Gasteiger partial charge on any atom is -0.469 e. The summed E-state index contributed by atoms with van der Waals surface area (Å²) in [6.07, 6.45) is 3.05. The van der Waals surface area contributed by atoms with E-state index in [-0.39, 0.29) is 12.8 Å². The van der Waals surface area contributed by atoms with Crippen LogP contribution in [0.5, 0.6) is 0 Å². The molecule has 0 bridgehead atoms. The van der Waals surface area contributed by atoms with E-state index in [2.05, 4.69) is 19.8 Å². The molecular formula is C13H16N2O5. The number of ether oxygens (including phenoxy) is 2. The first-order valence-electron chi connectivity index (χ1n) is 5.94. The maximum atomic E-state index is 11.9. The first-order chi connectivity index (χ1) is 9.58. The molecule has 1 heterocycles. The third kappa shape index (κ3) is 4.68. The molecule has 0 aliphatic heterocycles. The van der Waals surface area contributed by atoms with E-state index >= 15 is 0 Å². The maximum absolute atomic E-state index is 11.9. The maximum Gasteiger partial charge on any atom is 0.328 e. The molecule has 0 aromatic carbocycles. The van der Waals surface area contributed by atoms with Crippen LogP contribution in [-0.2, 0) is 19.1 Å². The van der Waals surface area contributed by atoms with E-state index in [4.69, 9.17) is 0 Å². The molecule has 0 fully saturated rings. The van der Waals surface area contributed by atoms with Gasteiger partial charge in [0.1, 0.15) is 6.04 Å². The van der Waals surface area contributed by atoms with E-state index < -0.39 is 23.9 Å². The Hall–Kier alpha value is -2.44. The van der Waals surface area contributed by atoms with Crippen LogP contribution in [0.25, 0.3) is 0 Å². The number of nitrogens with zero attached hydrogens (tertiary/aromatic N) is 1. The summed E-state index contributed by atoms with van der Waals surface area (Å²) in [5.74, 6) is -1.51. The van der Waals surface area contributed by atoms with Crippen LogP contribution >= 0.6 is 0 Å². The van der Waals surface area contributed by atoms with E-state index in [9.17, 15) is 14.4 Å². The Labute approximate surface area is 116 Å². The molecule has 20 heavy (non-hydrogen) atoms. The second-order valence-corrected chi connectivity index (χ2v) is 3.90. The van der Waals surface area contributed by atoms with Gasteiger partial charge in [0.05, 0.1) is 14.2 Å². The Kier molecular flexibility index (Phi) is 6.15. The number of carbonyl (C=O) groups excluding carboxylic acids is 3. The summed E-state index contributed by atoms with van der Waals surface area (Å²) >= 11 is 0. The SMILES string of the molecule is COC(=O)CC[C@H](NC(=O)c1ccncc1)C(=O)OC. The lowest BCUT2D eigenvalue weighted by Gasteiger charge is -2.15. The number of hydrogen-bond donors (Lipinski definition) is 1. The molecule has 1 aromatic rings. The van der Waals surface area contributed by atoms with Gasteiger partial charge in [0.2, 0.25) is 0 Å². The quantitative estimate of drug-likeness (QED) is 0.753. The molecule has 0 radical (unpaired) electrons. The molecule has 0 aliphatic rings. The molecule has 0 unspecified atom stereocenters. The summed E-state index contributed by atoms with van der Waals surface area (Å²) in [6, 6.07) is 2.13. The van der Waals surface area contributed by atoms with Crippen molar-refractivity contribution in [3.63, 3.8) is 0 Å². The van der Waals surface area contributed by atoms with Gasteiger partial charge < -0.3 is 14.8 Å². The van der Waals surface area contributed by atoms with Gasteiger partial charge in [0.15, 0.2) is 0 Å². The Morgan fingerprint density at radius 2 is 1.85 bits per heavy atom. The number of esters is 2. The summed E-state index contributed by atoms with van der Waals surface area (Å²) < 4.78 is 9.09. The Morgan fingerprint density at radius 3 is 2.40 bits per heavy atom. The fourth-order valence-corrected chi connectivity index (χ4v) is 1.50. The average molecular weight is 280 g/mol. The Bertz CT molecular complexity index is 475. The highest BCUT2D eigenvalue weighted by Crippen LogP contribution is 2.04. The first kappa shape index (κ1) is 15.6. The highest BCUT2D eigenvalue weighted by molar-refractivity contribution is 5.96. The third-order valence-corrected chi connectivity index (χ3v) is 2.60. The Morgan fingerprint density at radius 1 is 1.20 bits per heavy atom. The van der Waals surface area contributed by atoms with Crippen molar-refractivity contribution >= 4 is 17.8 Å². The van der Waals surface area contributed by atoms with Crippen molar-refractivity contribution in [2.45, 2.75) is 18.9 Å². The molecule has 0 saturated heterocycles. The topological polar surface area (TPSA) is 94.6 Å². The van der Waals surface area contributed by atoms with Crippen LogP contribution in [0.3, 0.4) is 0 Å². The third-order valence-electron chi connectivity index (χ3n) is 2.60. The van der Waals surface area contributed by atoms with Crippen LogP contribution in [-0.4, -0.2) is 43.1 Å². The molecule has 0 spiro atoms. The zero-order valence-electron chi connectivity index (χ0n) is 11.3. The van der Waals surface area contributed by atoms with Gasteiger partial charge in [-0.2, -0.15) is 0 Å². The van der Waals surface area contributed by atoms with Crippen molar-refractivity contribution in [1.29, 1.82) is 0 Å². The molecule has 1 amide bonds. The second kappa shape index (κ2) is 7.88. The number of hydrogen-bond acceptors (Lipinski definition) is 6. The van der Waals surface area contributed by atoms with E-state index in [0.29, 0.717) is 5.56 Å². The van der Waals surface area contributed by atoms with Crippen molar-refractivity contribution in [3.8, 4) is 0 Å². The van der Waals surface area contributed by atoms with Crippen LogP contribution in [0.4, 0.5) is 0 Å². The Balaban J connectivity index is 2.67.